The SMILES string of the molecule is CC(C)(C)c1ccc(-c2cc(C(=O)N3CCN(c4ccccc4)CC3)c3cc(Br)ccc3n2)cc1. The second-order valence-electron chi connectivity index (χ2n) is 10.2. The third-order valence-corrected chi connectivity index (χ3v) is 7.23. The molecule has 3 aromatic carbocycles. The molecule has 5 rings (SSSR count). The highest BCUT2D eigenvalue weighted by Crippen LogP contribution is 2.30. The van der Waals surface area contributed by atoms with Gasteiger partial charge in [-0.25, -0.2) is 4.98 Å². The van der Waals surface area contributed by atoms with E-state index in [0.29, 0.717) is 18.7 Å². The second kappa shape index (κ2) is 9.46. The Kier molecular flexibility index (Phi) is 6.37. The molecule has 0 bridgehead atoms. The average molecular weight is 528 g/mol. The highest BCUT2D eigenvalue weighted by Gasteiger charge is 2.25. The molecule has 1 saturated heterocycles. The number of hydrogen-bond donors (Lipinski definition) is 0. The van der Waals surface area contributed by atoms with Crippen molar-refractivity contribution in [2.75, 3.05) is 31.1 Å². The number of halogens is 1. The number of para-hydroxylation sites is 1. The van der Waals surface area contributed by atoms with Crippen molar-refractivity contribution in [3.05, 3.63) is 94.5 Å². The van der Waals surface area contributed by atoms with E-state index >= 15 is 0 Å². The van der Waals surface area contributed by atoms with Gasteiger partial charge in [0.2, 0.25) is 0 Å². The monoisotopic (exact) mass is 527 g/mol. The van der Waals surface area contributed by atoms with Gasteiger partial charge in [0.05, 0.1) is 16.8 Å². The fourth-order valence-corrected chi connectivity index (χ4v) is 5.00. The first-order chi connectivity index (χ1) is 16.8. The summed E-state index contributed by atoms with van der Waals surface area (Å²) < 4.78 is 0.942. The molecule has 0 N–H and O–H groups in total. The van der Waals surface area contributed by atoms with Crippen LogP contribution in [-0.4, -0.2) is 42.0 Å². The summed E-state index contributed by atoms with van der Waals surface area (Å²) in [6.07, 6.45) is 0. The van der Waals surface area contributed by atoms with Crippen molar-refractivity contribution in [1.82, 2.24) is 9.88 Å². The minimum Gasteiger partial charge on any atom is -0.368 e. The fraction of sp³-hybridized carbons (Fsp3) is 0.267. The van der Waals surface area contributed by atoms with Gasteiger partial charge in [-0.05, 0) is 47.4 Å². The number of carbonyl (C=O) groups is 1. The molecule has 0 saturated carbocycles. The standard InChI is InChI=1S/C30H30BrN3O/c1-30(2,3)22-11-9-21(10-12-22)28-20-26(25-19-23(31)13-14-27(25)32-28)29(35)34-17-15-33(16-18-34)24-7-5-4-6-8-24/h4-14,19-20H,15-18H2,1-3H3. The minimum atomic E-state index is 0.0655. The van der Waals surface area contributed by atoms with Gasteiger partial charge in [-0.2, -0.15) is 0 Å². The Morgan fingerprint density at radius 2 is 1.54 bits per heavy atom. The number of pyridine rings is 1. The van der Waals surface area contributed by atoms with Crippen LogP contribution in [0.5, 0.6) is 0 Å². The van der Waals surface area contributed by atoms with Gasteiger partial charge in [0.15, 0.2) is 0 Å². The molecule has 0 radical (unpaired) electrons. The maximum atomic E-state index is 13.8. The number of rotatable bonds is 3. The number of carbonyl (C=O) groups excluding carboxylic acids is 1. The van der Waals surface area contributed by atoms with Crippen molar-refractivity contribution in [3.63, 3.8) is 0 Å². The van der Waals surface area contributed by atoms with E-state index in [0.717, 1.165) is 39.7 Å². The topological polar surface area (TPSA) is 36.4 Å². The molecule has 35 heavy (non-hydrogen) atoms. The van der Waals surface area contributed by atoms with Crippen LogP contribution in [0.15, 0.2) is 83.3 Å². The summed E-state index contributed by atoms with van der Waals surface area (Å²) in [7, 11) is 0. The average Bonchev–Trinajstić information content (AvgIpc) is 2.88. The summed E-state index contributed by atoms with van der Waals surface area (Å²) in [6.45, 7) is 9.67. The van der Waals surface area contributed by atoms with Gasteiger partial charge in [-0.1, -0.05) is 79.2 Å². The molecule has 1 amide bonds. The number of anilines is 1. The summed E-state index contributed by atoms with van der Waals surface area (Å²) in [6, 6.07) is 26.9. The van der Waals surface area contributed by atoms with Crippen LogP contribution in [0.25, 0.3) is 22.2 Å². The zero-order valence-electron chi connectivity index (χ0n) is 20.5. The summed E-state index contributed by atoms with van der Waals surface area (Å²) >= 11 is 3.58. The first-order valence-electron chi connectivity index (χ1n) is 12.1. The largest absolute Gasteiger partial charge is 0.368 e. The van der Waals surface area contributed by atoms with Crippen LogP contribution in [0, 0.1) is 0 Å². The smallest absolute Gasteiger partial charge is 0.254 e. The van der Waals surface area contributed by atoms with E-state index in [1.165, 1.54) is 11.3 Å². The molecular weight excluding hydrogens is 498 g/mol. The Hall–Kier alpha value is -3.18. The number of hydrogen-bond acceptors (Lipinski definition) is 3. The van der Waals surface area contributed by atoms with Gasteiger partial charge < -0.3 is 9.80 Å². The third-order valence-electron chi connectivity index (χ3n) is 6.74. The molecule has 5 heteroatoms. The predicted octanol–water partition coefficient (Wildman–Crippen LogP) is 6.92. The van der Waals surface area contributed by atoms with Crippen LogP contribution in [0.4, 0.5) is 5.69 Å². The summed E-state index contributed by atoms with van der Waals surface area (Å²) in [5, 5.41) is 0.880. The molecule has 0 aliphatic carbocycles. The van der Waals surface area contributed by atoms with Gasteiger partial charge in [0.25, 0.3) is 5.91 Å². The van der Waals surface area contributed by atoms with E-state index in [9.17, 15) is 4.79 Å². The first kappa shape index (κ1) is 23.6. The van der Waals surface area contributed by atoms with Crippen LogP contribution in [-0.2, 0) is 5.41 Å². The van der Waals surface area contributed by atoms with Crippen LogP contribution >= 0.6 is 15.9 Å². The van der Waals surface area contributed by atoms with Gasteiger partial charge in [-0.15, -0.1) is 0 Å². The third kappa shape index (κ3) is 4.96. The maximum Gasteiger partial charge on any atom is 0.254 e. The predicted molar refractivity (Wildman–Crippen MR) is 148 cm³/mol. The van der Waals surface area contributed by atoms with E-state index in [4.69, 9.17) is 4.98 Å². The molecule has 0 spiro atoms. The highest BCUT2D eigenvalue weighted by molar-refractivity contribution is 9.10. The molecule has 2 heterocycles. The van der Waals surface area contributed by atoms with Crippen molar-refractivity contribution in [2.24, 2.45) is 0 Å². The maximum absolute atomic E-state index is 13.8. The number of amides is 1. The Morgan fingerprint density at radius 1 is 0.857 bits per heavy atom. The molecular formula is C30H30BrN3O. The van der Waals surface area contributed by atoms with Crippen LogP contribution in [0.3, 0.4) is 0 Å². The van der Waals surface area contributed by atoms with E-state index in [2.05, 4.69) is 90.1 Å². The zero-order valence-corrected chi connectivity index (χ0v) is 22.0. The number of piperazine rings is 1. The Labute approximate surface area is 215 Å². The molecule has 1 aliphatic heterocycles. The van der Waals surface area contributed by atoms with Gasteiger partial charge in [0, 0.05) is 47.3 Å². The zero-order chi connectivity index (χ0) is 24.6. The van der Waals surface area contributed by atoms with E-state index in [1.807, 2.05) is 35.2 Å². The fourth-order valence-electron chi connectivity index (χ4n) is 4.64. The van der Waals surface area contributed by atoms with E-state index in [1.54, 1.807) is 0 Å². The Morgan fingerprint density at radius 3 is 2.20 bits per heavy atom. The minimum absolute atomic E-state index is 0.0655. The lowest BCUT2D eigenvalue weighted by Gasteiger charge is -2.36. The van der Waals surface area contributed by atoms with Crippen LogP contribution < -0.4 is 4.90 Å². The summed E-state index contributed by atoms with van der Waals surface area (Å²) in [5.74, 6) is 0.0655. The Bertz CT molecular complexity index is 1350. The van der Waals surface area contributed by atoms with Gasteiger partial charge >= 0.3 is 0 Å². The normalized spacial score (nSPS) is 14.4. The molecule has 0 unspecified atom stereocenters. The molecule has 1 aliphatic rings. The number of nitrogens with zero attached hydrogens (tertiary/aromatic N) is 3. The lowest BCUT2D eigenvalue weighted by Crippen LogP contribution is -2.48. The lowest BCUT2D eigenvalue weighted by atomic mass is 9.86. The number of aromatic nitrogens is 1. The van der Waals surface area contributed by atoms with Crippen molar-refractivity contribution >= 4 is 38.4 Å². The lowest BCUT2D eigenvalue weighted by molar-refractivity contribution is 0.0748. The number of benzene rings is 3. The Balaban J connectivity index is 1.47. The van der Waals surface area contributed by atoms with Crippen LogP contribution in [0.2, 0.25) is 0 Å². The van der Waals surface area contributed by atoms with E-state index in [-0.39, 0.29) is 11.3 Å². The van der Waals surface area contributed by atoms with Crippen molar-refractivity contribution in [3.8, 4) is 11.3 Å². The van der Waals surface area contributed by atoms with E-state index < -0.39 is 0 Å². The molecule has 1 fully saturated rings. The van der Waals surface area contributed by atoms with Gasteiger partial charge in [-0.3, -0.25) is 4.79 Å². The molecule has 1 aromatic heterocycles. The second-order valence-corrected chi connectivity index (χ2v) is 11.1. The molecule has 0 atom stereocenters. The summed E-state index contributed by atoms with van der Waals surface area (Å²) in [4.78, 5) is 23.0. The molecule has 4 aromatic rings. The summed E-state index contributed by atoms with van der Waals surface area (Å²) in [5.41, 5.74) is 5.95. The quantitative estimate of drug-likeness (QED) is 0.290. The molecule has 178 valence electrons. The van der Waals surface area contributed by atoms with Gasteiger partial charge in [0.1, 0.15) is 0 Å². The van der Waals surface area contributed by atoms with Crippen LogP contribution in [0.1, 0.15) is 36.7 Å². The molecule has 4 nitrogen and oxygen atoms in total. The highest BCUT2D eigenvalue weighted by atomic mass is 79.9. The van der Waals surface area contributed by atoms with Crippen molar-refractivity contribution in [1.29, 1.82) is 0 Å². The number of fused-ring (bicyclic) bond motifs is 1. The van der Waals surface area contributed by atoms with Crippen molar-refractivity contribution in [2.45, 2.75) is 26.2 Å². The first-order valence-corrected chi connectivity index (χ1v) is 12.9. The van der Waals surface area contributed by atoms with Crippen molar-refractivity contribution < 1.29 is 4.79 Å².